The Hall–Kier alpha value is -3.39. The number of ether oxygens (including phenoxy) is 1. The fourth-order valence-corrected chi connectivity index (χ4v) is 3.05. The second-order valence-corrected chi connectivity index (χ2v) is 8.13. The Morgan fingerprint density at radius 3 is 2.31 bits per heavy atom. The molecule has 0 bridgehead atoms. The number of amides is 3. The van der Waals surface area contributed by atoms with Crippen molar-refractivity contribution in [1.29, 1.82) is 0 Å². The van der Waals surface area contributed by atoms with Crippen molar-refractivity contribution >= 4 is 23.4 Å². The van der Waals surface area contributed by atoms with E-state index in [0.717, 1.165) is 5.56 Å². The predicted molar refractivity (Wildman–Crippen MR) is 125 cm³/mol. The van der Waals surface area contributed by atoms with Gasteiger partial charge in [0, 0.05) is 17.8 Å². The van der Waals surface area contributed by atoms with Crippen molar-refractivity contribution in [3.8, 4) is 5.75 Å². The number of carbonyl (C=O) groups excluding carboxylic acids is 3. The Morgan fingerprint density at radius 2 is 1.72 bits per heavy atom. The van der Waals surface area contributed by atoms with Gasteiger partial charge in [-0.05, 0) is 62.0 Å². The SMILES string of the molecule is COc1ccc(C(=O)NC(C(=O)NCc2cccc(NC(=O)CN(C)C)c2)C(C)C)cc1. The van der Waals surface area contributed by atoms with Gasteiger partial charge in [-0.2, -0.15) is 0 Å². The molecule has 0 aliphatic carbocycles. The minimum Gasteiger partial charge on any atom is -0.497 e. The smallest absolute Gasteiger partial charge is 0.251 e. The molecule has 0 aliphatic heterocycles. The number of likely N-dealkylation sites (N-methyl/N-ethyl adjacent to an activating group) is 1. The highest BCUT2D eigenvalue weighted by Gasteiger charge is 2.24. The lowest BCUT2D eigenvalue weighted by molar-refractivity contribution is -0.124. The van der Waals surface area contributed by atoms with Gasteiger partial charge in [0.1, 0.15) is 11.8 Å². The first-order valence-electron chi connectivity index (χ1n) is 10.5. The monoisotopic (exact) mass is 440 g/mol. The van der Waals surface area contributed by atoms with Crippen molar-refractivity contribution in [2.24, 2.45) is 5.92 Å². The number of methoxy groups -OCH3 is 1. The van der Waals surface area contributed by atoms with E-state index in [-0.39, 0.29) is 36.7 Å². The molecule has 2 rings (SSSR count). The molecule has 8 nitrogen and oxygen atoms in total. The van der Waals surface area contributed by atoms with Crippen molar-refractivity contribution in [2.45, 2.75) is 26.4 Å². The molecule has 0 fully saturated rings. The van der Waals surface area contributed by atoms with Crippen LogP contribution in [0.3, 0.4) is 0 Å². The summed E-state index contributed by atoms with van der Waals surface area (Å²) in [5, 5.41) is 8.52. The Labute approximate surface area is 189 Å². The lowest BCUT2D eigenvalue weighted by Gasteiger charge is -2.22. The normalized spacial score (nSPS) is 11.7. The van der Waals surface area contributed by atoms with Crippen LogP contribution in [-0.4, -0.2) is 56.4 Å². The largest absolute Gasteiger partial charge is 0.497 e. The maximum atomic E-state index is 12.8. The molecule has 3 amide bonds. The molecule has 0 radical (unpaired) electrons. The van der Waals surface area contributed by atoms with Gasteiger partial charge in [0.25, 0.3) is 5.91 Å². The summed E-state index contributed by atoms with van der Waals surface area (Å²) in [6.45, 7) is 4.31. The van der Waals surface area contributed by atoms with E-state index in [1.165, 1.54) is 0 Å². The second kappa shape index (κ2) is 11.9. The molecule has 0 aliphatic rings. The first kappa shape index (κ1) is 24.9. The van der Waals surface area contributed by atoms with E-state index in [1.807, 2.05) is 46.1 Å². The van der Waals surface area contributed by atoms with Gasteiger partial charge < -0.3 is 25.6 Å². The van der Waals surface area contributed by atoms with Gasteiger partial charge in [-0.25, -0.2) is 0 Å². The molecule has 32 heavy (non-hydrogen) atoms. The highest BCUT2D eigenvalue weighted by Crippen LogP contribution is 2.13. The summed E-state index contributed by atoms with van der Waals surface area (Å²) in [5.41, 5.74) is 1.95. The molecule has 0 heterocycles. The molecule has 1 atom stereocenters. The molecule has 1 unspecified atom stereocenters. The van der Waals surface area contributed by atoms with E-state index < -0.39 is 6.04 Å². The summed E-state index contributed by atoms with van der Waals surface area (Å²) in [7, 11) is 5.20. The Morgan fingerprint density at radius 1 is 1.03 bits per heavy atom. The summed E-state index contributed by atoms with van der Waals surface area (Å²) < 4.78 is 5.11. The van der Waals surface area contributed by atoms with Crippen LogP contribution < -0.4 is 20.7 Å². The minimum absolute atomic E-state index is 0.103. The maximum Gasteiger partial charge on any atom is 0.251 e. The summed E-state index contributed by atoms with van der Waals surface area (Å²) in [6, 6.07) is 13.3. The Bertz CT molecular complexity index is 926. The number of nitrogens with one attached hydrogen (secondary N) is 3. The van der Waals surface area contributed by atoms with Crippen LogP contribution in [0.15, 0.2) is 48.5 Å². The van der Waals surface area contributed by atoms with Gasteiger partial charge in [-0.1, -0.05) is 26.0 Å². The van der Waals surface area contributed by atoms with Gasteiger partial charge in [0.15, 0.2) is 0 Å². The Balaban J connectivity index is 1.97. The van der Waals surface area contributed by atoms with Gasteiger partial charge in [-0.3, -0.25) is 14.4 Å². The number of nitrogens with zero attached hydrogens (tertiary/aromatic N) is 1. The van der Waals surface area contributed by atoms with Gasteiger partial charge in [-0.15, -0.1) is 0 Å². The van der Waals surface area contributed by atoms with Gasteiger partial charge in [0.2, 0.25) is 11.8 Å². The van der Waals surface area contributed by atoms with Crippen LogP contribution in [0.5, 0.6) is 5.75 Å². The maximum absolute atomic E-state index is 12.8. The number of rotatable bonds is 10. The lowest BCUT2D eigenvalue weighted by atomic mass is 10.0. The van der Waals surface area contributed by atoms with Gasteiger partial charge in [0.05, 0.1) is 13.7 Å². The first-order chi connectivity index (χ1) is 15.2. The van der Waals surface area contributed by atoms with E-state index in [0.29, 0.717) is 17.0 Å². The van der Waals surface area contributed by atoms with Gasteiger partial charge >= 0.3 is 0 Å². The number of carbonyl (C=O) groups is 3. The average Bonchev–Trinajstić information content (AvgIpc) is 2.75. The summed E-state index contributed by atoms with van der Waals surface area (Å²) >= 11 is 0. The molecule has 3 N–H and O–H groups in total. The third-order valence-electron chi connectivity index (χ3n) is 4.73. The van der Waals surface area contributed by atoms with Crippen LogP contribution in [-0.2, 0) is 16.1 Å². The van der Waals surface area contributed by atoms with Crippen molar-refractivity contribution < 1.29 is 19.1 Å². The molecule has 0 spiro atoms. The number of benzene rings is 2. The molecule has 0 saturated heterocycles. The summed E-state index contributed by atoms with van der Waals surface area (Å²) in [6.07, 6.45) is 0. The fraction of sp³-hybridized carbons (Fsp3) is 0.375. The highest BCUT2D eigenvalue weighted by atomic mass is 16.5. The van der Waals surface area contributed by atoms with Crippen molar-refractivity contribution in [1.82, 2.24) is 15.5 Å². The highest BCUT2D eigenvalue weighted by molar-refractivity contribution is 5.97. The molecule has 8 heteroatoms. The quantitative estimate of drug-likeness (QED) is 0.526. The van der Waals surface area contributed by atoms with Crippen LogP contribution >= 0.6 is 0 Å². The predicted octanol–water partition coefficient (Wildman–Crippen LogP) is 2.27. The van der Waals surface area contributed by atoms with E-state index in [9.17, 15) is 14.4 Å². The third-order valence-corrected chi connectivity index (χ3v) is 4.73. The fourth-order valence-electron chi connectivity index (χ4n) is 3.05. The molecule has 2 aromatic carbocycles. The minimum atomic E-state index is -0.687. The molecular weight excluding hydrogens is 408 g/mol. The molecule has 0 aromatic heterocycles. The van der Waals surface area contributed by atoms with E-state index >= 15 is 0 Å². The first-order valence-corrected chi connectivity index (χ1v) is 10.5. The molecule has 2 aromatic rings. The lowest BCUT2D eigenvalue weighted by Crippen LogP contribution is -2.49. The average molecular weight is 441 g/mol. The van der Waals surface area contributed by atoms with Crippen LogP contribution in [0.25, 0.3) is 0 Å². The number of hydrogen-bond donors (Lipinski definition) is 3. The van der Waals surface area contributed by atoms with Crippen molar-refractivity contribution in [2.75, 3.05) is 33.1 Å². The zero-order chi connectivity index (χ0) is 23.7. The Kier molecular flexibility index (Phi) is 9.22. The molecular formula is C24H32N4O4. The van der Waals surface area contributed by atoms with E-state index in [4.69, 9.17) is 4.74 Å². The standard InChI is InChI=1S/C24H32N4O4/c1-16(2)22(27-23(30)18-9-11-20(32-5)12-10-18)24(31)25-14-17-7-6-8-19(13-17)26-21(29)15-28(3)4/h6-13,16,22H,14-15H2,1-5H3,(H,25,31)(H,26,29)(H,27,30). The van der Waals surface area contributed by atoms with Crippen LogP contribution in [0.1, 0.15) is 29.8 Å². The number of anilines is 1. The zero-order valence-corrected chi connectivity index (χ0v) is 19.3. The van der Waals surface area contributed by atoms with Crippen molar-refractivity contribution in [3.05, 3.63) is 59.7 Å². The molecule has 0 saturated carbocycles. The summed E-state index contributed by atoms with van der Waals surface area (Å²) in [4.78, 5) is 39.1. The zero-order valence-electron chi connectivity index (χ0n) is 19.3. The molecule has 172 valence electrons. The van der Waals surface area contributed by atoms with E-state index in [1.54, 1.807) is 42.3 Å². The number of hydrogen-bond acceptors (Lipinski definition) is 5. The second-order valence-electron chi connectivity index (χ2n) is 8.13. The van der Waals surface area contributed by atoms with Crippen molar-refractivity contribution in [3.63, 3.8) is 0 Å². The van der Waals surface area contributed by atoms with Crippen LogP contribution in [0.2, 0.25) is 0 Å². The van der Waals surface area contributed by atoms with Crippen LogP contribution in [0, 0.1) is 5.92 Å². The topological polar surface area (TPSA) is 99.8 Å². The van der Waals surface area contributed by atoms with Crippen LogP contribution in [0.4, 0.5) is 5.69 Å². The summed E-state index contributed by atoms with van der Waals surface area (Å²) in [5.74, 6) is -0.165. The van der Waals surface area contributed by atoms with E-state index in [2.05, 4.69) is 16.0 Å². The third kappa shape index (κ3) is 7.70.